The van der Waals surface area contributed by atoms with E-state index in [2.05, 4.69) is 15.3 Å². The number of hydrogen-bond donors (Lipinski definition) is 1. The van der Waals surface area contributed by atoms with Gasteiger partial charge in [-0.3, -0.25) is 10.1 Å². The Kier molecular flexibility index (Phi) is 3.94. The van der Waals surface area contributed by atoms with E-state index >= 15 is 0 Å². The second-order valence-corrected chi connectivity index (χ2v) is 6.42. The normalized spacial score (nSPS) is 21.2. The van der Waals surface area contributed by atoms with Crippen LogP contribution in [0, 0.1) is 5.92 Å². The monoisotopic (exact) mass is 293 g/mol. The van der Waals surface area contributed by atoms with Gasteiger partial charge in [0, 0.05) is 24.2 Å². The molecular weight excluding hydrogens is 274 g/mol. The molecule has 5 nitrogen and oxygen atoms in total. The number of nitrogens with zero attached hydrogens (tertiary/aromatic N) is 2. The molecule has 108 valence electrons. The van der Waals surface area contributed by atoms with Gasteiger partial charge in [0.2, 0.25) is 0 Å². The molecule has 0 radical (unpaired) electrons. The zero-order chi connectivity index (χ0) is 14.0. The van der Waals surface area contributed by atoms with Crippen molar-refractivity contribution in [1.29, 1.82) is 0 Å². The SMILES string of the molecule is COC(=O)C(CSc1ncccn1)(NC1CC1)C1CC1. The highest BCUT2D eigenvalue weighted by Gasteiger charge is 2.53. The molecule has 0 aromatic carbocycles. The summed E-state index contributed by atoms with van der Waals surface area (Å²) in [5.74, 6) is 0.868. The fourth-order valence-corrected chi connectivity index (χ4v) is 3.51. The van der Waals surface area contributed by atoms with Crippen molar-refractivity contribution in [3.63, 3.8) is 0 Å². The minimum atomic E-state index is -0.570. The highest BCUT2D eigenvalue weighted by Crippen LogP contribution is 2.44. The number of hydrogen-bond acceptors (Lipinski definition) is 6. The van der Waals surface area contributed by atoms with Gasteiger partial charge >= 0.3 is 5.97 Å². The van der Waals surface area contributed by atoms with E-state index in [0.717, 1.165) is 25.7 Å². The standard InChI is InChI=1S/C14H19N3O2S/c1-19-12(18)14(10-3-4-10,17-11-5-6-11)9-20-13-15-7-2-8-16-13/h2,7-8,10-11,17H,3-6,9H2,1H3. The smallest absolute Gasteiger partial charge is 0.327 e. The first-order valence-corrected chi connectivity index (χ1v) is 7.99. The zero-order valence-corrected chi connectivity index (χ0v) is 12.4. The van der Waals surface area contributed by atoms with Gasteiger partial charge in [0.15, 0.2) is 5.16 Å². The van der Waals surface area contributed by atoms with Crippen LogP contribution < -0.4 is 5.32 Å². The molecular formula is C14H19N3O2S. The minimum Gasteiger partial charge on any atom is -0.468 e. The van der Waals surface area contributed by atoms with E-state index in [9.17, 15) is 4.79 Å². The molecule has 0 aliphatic heterocycles. The lowest BCUT2D eigenvalue weighted by atomic mass is 9.95. The Hall–Kier alpha value is -1.14. The average Bonchev–Trinajstić information content (AvgIpc) is 3.37. The van der Waals surface area contributed by atoms with E-state index in [4.69, 9.17) is 4.74 Å². The predicted octanol–water partition coefficient (Wildman–Crippen LogP) is 1.64. The Morgan fingerprint density at radius 2 is 2.10 bits per heavy atom. The van der Waals surface area contributed by atoms with E-state index in [-0.39, 0.29) is 5.97 Å². The first-order chi connectivity index (χ1) is 9.74. The molecule has 3 rings (SSSR count). The van der Waals surface area contributed by atoms with Gasteiger partial charge < -0.3 is 4.74 Å². The lowest BCUT2D eigenvalue weighted by Gasteiger charge is -2.32. The molecule has 2 aliphatic rings. The summed E-state index contributed by atoms with van der Waals surface area (Å²) in [6.07, 6.45) is 7.92. The van der Waals surface area contributed by atoms with Gasteiger partial charge in [-0.1, -0.05) is 11.8 Å². The van der Waals surface area contributed by atoms with Crippen LogP contribution in [0.5, 0.6) is 0 Å². The van der Waals surface area contributed by atoms with Crippen LogP contribution in [0.15, 0.2) is 23.6 Å². The summed E-state index contributed by atoms with van der Waals surface area (Å²) in [6, 6.07) is 2.26. The fraction of sp³-hybridized carbons (Fsp3) is 0.643. The van der Waals surface area contributed by atoms with Crippen LogP contribution in [0.1, 0.15) is 25.7 Å². The molecule has 1 aromatic rings. The van der Waals surface area contributed by atoms with Crippen LogP contribution >= 0.6 is 11.8 Å². The van der Waals surface area contributed by atoms with Gasteiger partial charge in [0.25, 0.3) is 0 Å². The maximum atomic E-state index is 12.4. The molecule has 0 bridgehead atoms. The van der Waals surface area contributed by atoms with Crippen LogP contribution in [0.2, 0.25) is 0 Å². The molecule has 0 amide bonds. The number of rotatable bonds is 7. The summed E-state index contributed by atoms with van der Waals surface area (Å²) >= 11 is 1.52. The number of nitrogens with one attached hydrogen (secondary N) is 1. The third kappa shape index (κ3) is 2.96. The molecule has 2 saturated carbocycles. The van der Waals surface area contributed by atoms with E-state index in [0.29, 0.717) is 22.9 Å². The van der Waals surface area contributed by atoms with Gasteiger partial charge in [-0.05, 0) is 37.7 Å². The second-order valence-electron chi connectivity index (χ2n) is 5.48. The Balaban J connectivity index is 1.74. The third-order valence-electron chi connectivity index (χ3n) is 3.83. The molecule has 1 N–H and O–H groups in total. The summed E-state index contributed by atoms with van der Waals surface area (Å²) in [5.41, 5.74) is -0.570. The summed E-state index contributed by atoms with van der Waals surface area (Å²) in [5, 5.41) is 4.24. The van der Waals surface area contributed by atoms with Crippen molar-refractivity contribution < 1.29 is 9.53 Å². The number of aromatic nitrogens is 2. The van der Waals surface area contributed by atoms with Crippen molar-refractivity contribution in [1.82, 2.24) is 15.3 Å². The quantitative estimate of drug-likeness (QED) is 0.468. The molecule has 2 fully saturated rings. The number of ether oxygens (including phenoxy) is 1. The lowest BCUT2D eigenvalue weighted by molar-refractivity contribution is -0.148. The van der Waals surface area contributed by atoms with E-state index < -0.39 is 5.54 Å². The Morgan fingerprint density at radius 3 is 2.65 bits per heavy atom. The molecule has 0 saturated heterocycles. The molecule has 1 heterocycles. The maximum Gasteiger partial charge on any atom is 0.327 e. The lowest BCUT2D eigenvalue weighted by Crippen LogP contribution is -2.57. The zero-order valence-electron chi connectivity index (χ0n) is 11.5. The predicted molar refractivity (Wildman–Crippen MR) is 76.4 cm³/mol. The van der Waals surface area contributed by atoms with Gasteiger partial charge in [0.05, 0.1) is 7.11 Å². The number of thioether (sulfide) groups is 1. The topological polar surface area (TPSA) is 64.1 Å². The number of carbonyl (C=O) groups excluding carboxylic acids is 1. The first kappa shape index (κ1) is 13.8. The van der Waals surface area contributed by atoms with E-state index in [1.165, 1.54) is 18.9 Å². The highest BCUT2D eigenvalue weighted by molar-refractivity contribution is 7.99. The Labute approximate surface area is 122 Å². The summed E-state index contributed by atoms with van der Waals surface area (Å²) in [4.78, 5) is 20.8. The van der Waals surface area contributed by atoms with Crippen molar-refractivity contribution in [3.8, 4) is 0 Å². The molecule has 1 atom stereocenters. The molecule has 6 heteroatoms. The molecule has 2 aliphatic carbocycles. The minimum absolute atomic E-state index is 0.143. The maximum absolute atomic E-state index is 12.4. The van der Waals surface area contributed by atoms with E-state index in [1.54, 1.807) is 18.5 Å². The van der Waals surface area contributed by atoms with Crippen molar-refractivity contribution in [3.05, 3.63) is 18.5 Å². The van der Waals surface area contributed by atoms with Crippen molar-refractivity contribution in [2.75, 3.05) is 12.9 Å². The van der Waals surface area contributed by atoms with Crippen LogP contribution in [0.25, 0.3) is 0 Å². The highest BCUT2D eigenvalue weighted by atomic mass is 32.2. The number of esters is 1. The number of methoxy groups -OCH3 is 1. The van der Waals surface area contributed by atoms with Crippen LogP contribution in [-0.4, -0.2) is 40.4 Å². The third-order valence-corrected chi connectivity index (χ3v) is 4.90. The summed E-state index contributed by atoms with van der Waals surface area (Å²) in [7, 11) is 1.47. The second kappa shape index (κ2) is 5.69. The largest absolute Gasteiger partial charge is 0.468 e. The average molecular weight is 293 g/mol. The van der Waals surface area contributed by atoms with Gasteiger partial charge in [0.1, 0.15) is 5.54 Å². The molecule has 1 aromatic heterocycles. The van der Waals surface area contributed by atoms with Crippen LogP contribution in [0.4, 0.5) is 0 Å². The van der Waals surface area contributed by atoms with E-state index in [1.807, 2.05) is 0 Å². The molecule has 1 unspecified atom stereocenters. The fourth-order valence-electron chi connectivity index (χ4n) is 2.45. The van der Waals surface area contributed by atoms with Crippen LogP contribution in [-0.2, 0) is 9.53 Å². The van der Waals surface area contributed by atoms with Gasteiger partial charge in [-0.15, -0.1) is 0 Å². The van der Waals surface area contributed by atoms with Gasteiger partial charge in [-0.2, -0.15) is 0 Å². The van der Waals surface area contributed by atoms with Crippen molar-refractivity contribution in [2.24, 2.45) is 5.92 Å². The Bertz CT molecular complexity index is 477. The first-order valence-electron chi connectivity index (χ1n) is 7.00. The van der Waals surface area contributed by atoms with Crippen LogP contribution in [0.3, 0.4) is 0 Å². The molecule has 20 heavy (non-hydrogen) atoms. The number of carbonyl (C=O) groups is 1. The summed E-state index contributed by atoms with van der Waals surface area (Å²) in [6.45, 7) is 0. The summed E-state index contributed by atoms with van der Waals surface area (Å²) < 4.78 is 5.08. The Morgan fingerprint density at radius 1 is 1.40 bits per heavy atom. The van der Waals surface area contributed by atoms with Gasteiger partial charge in [-0.25, -0.2) is 9.97 Å². The van der Waals surface area contributed by atoms with Crippen molar-refractivity contribution in [2.45, 2.75) is 42.4 Å². The van der Waals surface area contributed by atoms with Crippen molar-refractivity contribution >= 4 is 17.7 Å². The molecule has 0 spiro atoms.